The molecular formula is C14H18N2O2S. The molecule has 2 amide bonds. The maximum Gasteiger partial charge on any atom is 0.246 e. The van der Waals surface area contributed by atoms with Gasteiger partial charge in [-0.15, -0.1) is 11.3 Å². The van der Waals surface area contributed by atoms with Gasteiger partial charge in [-0.3, -0.25) is 9.59 Å². The summed E-state index contributed by atoms with van der Waals surface area (Å²) in [5, 5.41) is 4.92. The van der Waals surface area contributed by atoms with Crippen LogP contribution in [0.1, 0.15) is 31.1 Å². The summed E-state index contributed by atoms with van der Waals surface area (Å²) in [6.45, 7) is 2.58. The molecular weight excluding hydrogens is 260 g/mol. The number of hydrogen-bond donors (Lipinski definition) is 1. The highest BCUT2D eigenvalue weighted by Gasteiger charge is 2.42. The van der Waals surface area contributed by atoms with Crippen LogP contribution < -0.4 is 5.32 Å². The van der Waals surface area contributed by atoms with Crippen molar-refractivity contribution in [3.8, 4) is 0 Å². The number of nitrogens with one attached hydrogen (secondary N) is 1. The highest BCUT2D eigenvalue weighted by Crippen LogP contribution is 2.35. The third-order valence-electron chi connectivity index (χ3n) is 3.88. The molecule has 19 heavy (non-hydrogen) atoms. The van der Waals surface area contributed by atoms with Crippen LogP contribution in [0.3, 0.4) is 0 Å². The number of amides is 2. The smallest absolute Gasteiger partial charge is 0.246 e. The molecule has 1 aliphatic carbocycles. The molecule has 5 heteroatoms. The first-order valence-electron chi connectivity index (χ1n) is 6.77. The number of nitrogens with zero attached hydrogens (tertiary/aromatic N) is 1. The van der Waals surface area contributed by atoms with Crippen molar-refractivity contribution >= 4 is 23.2 Å². The van der Waals surface area contributed by atoms with Crippen LogP contribution in [0.15, 0.2) is 17.5 Å². The normalized spacial score (nSPS) is 28.2. The molecule has 1 N–H and O–H groups in total. The number of thiophene rings is 1. The number of carbonyl (C=O) groups excluding carboxylic acids is 2. The Morgan fingerprint density at radius 2 is 2.21 bits per heavy atom. The molecule has 2 fully saturated rings. The first-order chi connectivity index (χ1) is 9.15. The van der Waals surface area contributed by atoms with Crippen molar-refractivity contribution in [1.82, 2.24) is 10.2 Å². The zero-order valence-corrected chi connectivity index (χ0v) is 11.8. The maximum atomic E-state index is 12.6. The number of hydrogen-bond acceptors (Lipinski definition) is 3. The van der Waals surface area contributed by atoms with Crippen LogP contribution in [0.2, 0.25) is 0 Å². The van der Waals surface area contributed by atoms with E-state index in [1.54, 1.807) is 11.3 Å². The van der Waals surface area contributed by atoms with Crippen LogP contribution in [0.5, 0.6) is 0 Å². The van der Waals surface area contributed by atoms with Gasteiger partial charge < -0.3 is 10.2 Å². The summed E-state index contributed by atoms with van der Waals surface area (Å²) in [7, 11) is 0. The van der Waals surface area contributed by atoms with Gasteiger partial charge in [-0.1, -0.05) is 6.07 Å². The number of rotatable bonds is 3. The quantitative estimate of drug-likeness (QED) is 0.916. The molecule has 0 aromatic carbocycles. The first kappa shape index (κ1) is 12.7. The van der Waals surface area contributed by atoms with Crippen LogP contribution in [0.25, 0.3) is 0 Å². The lowest BCUT2D eigenvalue weighted by Crippen LogP contribution is -2.47. The van der Waals surface area contributed by atoms with E-state index < -0.39 is 0 Å². The predicted molar refractivity (Wildman–Crippen MR) is 73.6 cm³/mol. The van der Waals surface area contributed by atoms with E-state index in [-0.39, 0.29) is 23.9 Å². The fourth-order valence-electron chi connectivity index (χ4n) is 2.62. The lowest BCUT2D eigenvalue weighted by atomic mass is 10.1. The molecule has 1 saturated heterocycles. The Bertz CT molecular complexity index is 482. The second-order valence-electron chi connectivity index (χ2n) is 5.48. The highest BCUT2D eigenvalue weighted by molar-refractivity contribution is 7.09. The van der Waals surface area contributed by atoms with Gasteiger partial charge in [0.1, 0.15) is 6.04 Å². The molecule has 2 atom stereocenters. The molecule has 1 aromatic rings. The molecule has 4 nitrogen and oxygen atoms in total. The summed E-state index contributed by atoms with van der Waals surface area (Å²) in [5.41, 5.74) is 0. The van der Waals surface area contributed by atoms with Gasteiger partial charge in [-0.2, -0.15) is 0 Å². The average Bonchev–Trinajstić information content (AvgIpc) is 3.09. The number of carbonyl (C=O) groups is 2. The third kappa shape index (κ3) is 2.66. The van der Waals surface area contributed by atoms with Crippen molar-refractivity contribution in [2.24, 2.45) is 5.92 Å². The van der Waals surface area contributed by atoms with Crippen molar-refractivity contribution in [1.29, 1.82) is 0 Å². The van der Waals surface area contributed by atoms with Crippen molar-refractivity contribution in [2.45, 2.75) is 44.8 Å². The van der Waals surface area contributed by atoms with Crippen LogP contribution in [-0.4, -0.2) is 28.8 Å². The highest BCUT2D eigenvalue weighted by atomic mass is 32.1. The second-order valence-corrected chi connectivity index (χ2v) is 6.51. The molecule has 2 aliphatic rings. The van der Waals surface area contributed by atoms with E-state index in [4.69, 9.17) is 0 Å². The van der Waals surface area contributed by atoms with Gasteiger partial charge in [-0.05, 0) is 37.1 Å². The molecule has 0 spiro atoms. The minimum Gasteiger partial charge on any atom is -0.344 e. The predicted octanol–water partition coefficient (Wildman–Crippen LogP) is 1.76. The molecule has 2 heterocycles. The summed E-state index contributed by atoms with van der Waals surface area (Å²) >= 11 is 1.65. The van der Waals surface area contributed by atoms with Crippen LogP contribution in [-0.2, 0) is 16.1 Å². The third-order valence-corrected chi connectivity index (χ3v) is 4.74. The van der Waals surface area contributed by atoms with Gasteiger partial charge in [0.15, 0.2) is 0 Å². The molecule has 1 aromatic heterocycles. The standard InChI is InChI=1S/C14H18N2O2S/c1-9-7-12(17)15-13(10-4-5-10)14(18)16(9)8-11-3-2-6-19-11/h2-3,6,9-10,13H,4-5,7-8H2,1H3,(H,15,17). The molecule has 102 valence electrons. The Kier molecular flexibility index (Phi) is 3.31. The summed E-state index contributed by atoms with van der Waals surface area (Å²) in [4.78, 5) is 27.5. The van der Waals surface area contributed by atoms with Crippen molar-refractivity contribution < 1.29 is 9.59 Å². The Labute approximate surface area is 116 Å². The largest absolute Gasteiger partial charge is 0.344 e. The van der Waals surface area contributed by atoms with Gasteiger partial charge in [-0.25, -0.2) is 0 Å². The van der Waals surface area contributed by atoms with Crippen LogP contribution >= 0.6 is 11.3 Å². The fourth-order valence-corrected chi connectivity index (χ4v) is 3.32. The van der Waals surface area contributed by atoms with E-state index in [1.165, 1.54) is 4.88 Å². The lowest BCUT2D eigenvalue weighted by Gasteiger charge is -2.28. The lowest BCUT2D eigenvalue weighted by molar-refractivity contribution is -0.136. The Morgan fingerprint density at radius 1 is 1.42 bits per heavy atom. The van der Waals surface area contributed by atoms with Crippen molar-refractivity contribution in [3.05, 3.63) is 22.4 Å². The Morgan fingerprint density at radius 3 is 2.84 bits per heavy atom. The molecule has 3 rings (SSSR count). The van der Waals surface area contributed by atoms with Crippen LogP contribution in [0, 0.1) is 5.92 Å². The van der Waals surface area contributed by atoms with Crippen molar-refractivity contribution in [2.75, 3.05) is 0 Å². The topological polar surface area (TPSA) is 49.4 Å². The minimum atomic E-state index is -0.294. The minimum absolute atomic E-state index is 0.00595. The molecule has 0 bridgehead atoms. The van der Waals surface area contributed by atoms with Gasteiger partial charge in [0, 0.05) is 17.3 Å². The van der Waals surface area contributed by atoms with E-state index in [0.717, 1.165) is 12.8 Å². The van der Waals surface area contributed by atoms with E-state index in [1.807, 2.05) is 29.3 Å². The zero-order chi connectivity index (χ0) is 13.4. The van der Waals surface area contributed by atoms with E-state index in [2.05, 4.69) is 5.32 Å². The van der Waals surface area contributed by atoms with Gasteiger partial charge in [0.2, 0.25) is 11.8 Å². The monoisotopic (exact) mass is 278 g/mol. The summed E-state index contributed by atoms with van der Waals surface area (Å²) in [5.74, 6) is 0.452. The van der Waals surface area contributed by atoms with E-state index in [9.17, 15) is 9.59 Å². The molecule has 1 aliphatic heterocycles. The zero-order valence-electron chi connectivity index (χ0n) is 11.0. The van der Waals surface area contributed by atoms with Gasteiger partial charge in [0.25, 0.3) is 0 Å². The SMILES string of the molecule is CC1CC(=O)NC(C2CC2)C(=O)N1Cc1cccs1. The fraction of sp³-hybridized carbons (Fsp3) is 0.571. The maximum absolute atomic E-state index is 12.6. The summed E-state index contributed by atoms with van der Waals surface area (Å²) < 4.78 is 0. The summed E-state index contributed by atoms with van der Waals surface area (Å²) in [6, 6.07) is 3.71. The Hall–Kier alpha value is -1.36. The van der Waals surface area contributed by atoms with Gasteiger partial charge in [0.05, 0.1) is 6.54 Å². The molecule has 0 radical (unpaired) electrons. The van der Waals surface area contributed by atoms with E-state index in [0.29, 0.717) is 18.9 Å². The molecule has 1 saturated carbocycles. The van der Waals surface area contributed by atoms with E-state index >= 15 is 0 Å². The Balaban J connectivity index is 1.82. The van der Waals surface area contributed by atoms with Crippen molar-refractivity contribution in [3.63, 3.8) is 0 Å². The second kappa shape index (κ2) is 4.96. The summed E-state index contributed by atoms with van der Waals surface area (Å²) in [6.07, 6.45) is 2.51. The van der Waals surface area contributed by atoms with Crippen LogP contribution in [0.4, 0.5) is 0 Å². The molecule has 2 unspecified atom stereocenters. The van der Waals surface area contributed by atoms with Gasteiger partial charge >= 0.3 is 0 Å². The first-order valence-corrected chi connectivity index (χ1v) is 7.65. The average molecular weight is 278 g/mol.